The Morgan fingerprint density at radius 3 is 1.64 bits per heavy atom. The van der Waals surface area contributed by atoms with E-state index in [0.717, 1.165) is 0 Å². The number of halogens is 7. The van der Waals surface area contributed by atoms with Crippen LogP contribution in [0.3, 0.4) is 0 Å². The average molecular weight is 341 g/mol. The lowest BCUT2D eigenvalue weighted by atomic mass is 10.1. The summed E-state index contributed by atoms with van der Waals surface area (Å²) in [5.74, 6) is 0. The highest BCUT2D eigenvalue weighted by Crippen LogP contribution is 2.37. The standard InChI is InChI=1S/C7H9Cl7/c8-4(1-5(9)10)2-7(13,14)3-6(11)12/h4-6H,1-3H2. The molecule has 0 aliphatic carbocycles. The highest BCUT2D eigenvalue weighted by Gasteiger charge is 2.30. The molecular weight excluding hydrogens is 332 g/mol. The Balaban J connectivity index is 3.94. The van der Waals surface area contributed by atoms with Gasteiger partial charge >= 0.3 is 0 Å². The maximum atomic E-state index is 5.94. The molecule has 0 aromatic heterocycles. The lowest BCUT2D eigenvalue weighted by Crippen LogP contribution is -2.22. The quantitative estimate of drug-likeness (QED) is 0.556. The molecule has 0 heterocycles. The van der Waals surface area contributed by atoms with E-state index in [4.69, 9.17) is 81.2 Å². The van der Waals surface area contributed by atoms with Crippen LogP contribution in [0.1, 0.15) is 19.3 Å². The average Bonchev–Trinajstić information content (AvgIpc) is 1.77. The van der Waals surface area contributed by atoms with E-state index in [2.05, 4.69) is 0 Å². The second kappa shape index (κ2) is 7.37. The zero-order chi connectivity index (χ0) is 11.4. The summed E-state index contributed by atoms with van der Waals surface area (Å²) in [6, 6.07) is 0. The van der Waals surface area contributed by atoms with Crippen molar-refractivity contribution in [3.05, 3.63) is 0 Å². The van der Waals surface area contributed by atoms with Gasteiger partial charge in [-0.1, -0.05) is 0 Å². The van der Waals surface area contributed by atoms with Crippen molar-refractivity contribution >= 4 is 81.2 Å². The molecule has 14 heavy (non-hydrogen) atoms. The van der Waals surface area contributed by atoms with E-state index in [1.807, 2.05) is 0 Å². The van der Waals surface area contributed by atoms with E-state index in [9.17, 15) is 0 Å². The summed E-state index contributed by atoms with van der Waals surface area (Å²) in [6.45, 7) is 0. The molecule has 0 aromatic carbocycles. The van der Waals surface area contributed by atoms with Gasteiger partial charge in [-0.05, 0) is 12.8 Å². The summed E-state index contributed by atoms with van der Waals surface area (Å²) in [7, 11) is 0. The Morgan fingerprint density at radius 1 is 0.786 bits per heavy atom. The van der Waals surface area contributed by atoms with Gasteiger partial charge in [-0.3, -0.25) is 0 Å². The van der Waals surface area contributed by atoms with Crippen molar-refractivity contribution in [2.24, 2.45) is 0 Å². The molecule has 86 valence electrons. The molecule has 7 heteroatoms. The highest BCUT2D eigenvalue weighted by molar-refractivity contribution is 6.51. The van der Waals surface area contributed by atoms with Gasteiger partial charge in [-0.15, -0.1) is 81.2 Å². The monoisotopic (exact) mass is 338 g/mol. The first-order chi connectivity index (χ1) is 6.23. The molecule has 0 saturated carbocycles. The van der Waals surface area contributed by atoms with Gasteiger partial charge < -0.3 is 0 Å². The Labute approximate surface area is 119 Å². The fourth-order valence-electron chi connectivity index (χ4n) is 0.910. The number of hydrogen-bond donors (Lipinski definition) is 0. The zero-order valence-corrected chi connectivity index (χ0v) is 12.3. The van der Waals surface area contributed by atoms with Crippen molar-refractivity contribution in [2.45, 2.75) is 38.6 Å². The summed E-state index contributed by atoms with van der Waals surface area (Å²) in [4.78, 5) is -1.14. The minimum absolute atomic E-state index is 0.248. The first-order valence-electron chi connectivity index (χ1n) is 3.81. The van der Waals surface area contributed by atoms with Gasteiger partial charge in [-0.25, -0.2) is 0 Å². The van der Waals surface area contributed by atoms with Gasteiger partial charge in [0.25, 0.3) is 0 Å². The van der Waals surface area contributed by atoms with Crippen LogP contribution in [0.15, 0.2) is 0 Å². The van der Waals surface area contributed by atoms with Crippen molar-refractivity contribution in [1.82, 2.24) is 0 Å². The second-order valence-electron chi connectivity index (χ2n) is 2.88. The summed E-state index contributed by atoms with van der Waals surface area (Å²) >= 11 is 40.0. The van der Waals surface area contributed by atoms with Crippen LogP contribution in [0.4, 0.5) is 0 Å². The maximum absolute atomic E-state index is 5.94. The predicted molar refractivity (Wildman–Crippen MR) is 68.9 cm³/mol. The van der Waals surface area contributed by atoms with Crippen molar-refractivity contribution in [1.29, 1.82) is 0 Å². The van der Waals surface area contributed by atoms with Gasteiger partial charge in [-0.2, -0.15) is 0 Å². The molecule has 0 N–H and O–H groups in total. The molecule has 0 amide bonds. The molecule has 0 spiro atoms. The topological polar surface area (TPSA) is 0 Å². The Morgan fingerprint density at radius 2 is 1.29 bits per heavy atom. The summed E-state index contributed by atoms with van der Waals surface area (Å²) in [6.07, 6.45) is 1.00. The summed E-state index contributed by atoms with van der Waals surface area (Å²) < 4.78 is -1.04. The second-order valence-corrected chi connectivity index (χ2v) is 7.69. The van der Waals surface area contributed by atoms with Crippen molar-refractivity contribution in [3.63, 3.8) is 0 Å². The Bertz CT molecular complexity index is 156. The molecule has 1 atom stereocenters. The zero-order valence-electron chi connectivity index (χ0n) is 7.00. The van der Waals surface area contributed by atoms with E-state index in [1.165, 1.54) is 0 Å². The van der Waals surface area contributed by atoms with Crippen LogP contribution < -0.4 is 0 Å². The fraction of sp³-hybridized carbons (Fsp3) is 1.00. The fourth-order valence-corrected chi connectivity index (χ4v) is 3.65. The highest BCUT2D eigenvalue weighted by atomic mass is 35.5. The number of rotatable bonds is 6. The largest absolute Gasteiger partial charge is 0.123 e. The molecule has 1 unspecified atom stereocenters. The molecule has 0 rings (SSSR count). The Kier molecular flexibility index (Phi) is 8.44. The summed E-state index contributed by atoms with van der Waals surface area (Å²) in [5, 5.41) is -0.294. The first kappa shape index (κ1) is 16.0. The van der Waals surface area contributed by atoms with Gasteiger partial charge in [0.05, 0.1) is 0 Å². The molecule has 0 aliphatic heterocycles. The van der Waals surface area contributed by atoms with Gasteiger partial charge in [0.15, 0.2) is 0 Å². The van der Waals surface area contributed by atoms with Crippen molar-refractivity contribution < 1.29 is 0 Å². The summed E-state index contributed by atoms with van der Waals surface area (Å²) in [5.41, 5.74) is 0. The molecule has 0 aromatic rings. The van der Waals surface area contributed by atoms with E-state index < -0.39 is 14.0 Å². The molecule has 0 saturated heterocycles. The number of alkyl halides is 7. The van der Waals surface area contributed by atoms with E-state index in [1.54, 1.807) is 0 Å². The molecule has 0 bridgehead atoms. The maximum Gasteiger partial charge on any atom is 0.122 e. The van der Waals surface area contributed by atoms with Crippen LogP contribution in [-0.4, -0.2) is 19.4 Å². The Hall–Kier alpha value is 2.03. The van der Waals surface area contributed by atoms with E-state index in [0.29, 0.717) is 12.8 Å². The van der Waals surface area contributed by atoms with Crippen LogP contribution in [0, 0.1) is 0 Å². The SMILES string of the molecule is ClC(Cl)CC(Cl)CC(Cl)(Cl)CC(Cl)Cl. The minimum atomic E-state index is -1.04. The third-order valence-corrected chi connectivity index (χ3v) is 3.02. The van der Waals surface area contributed by atoms with Crippen molar-refractivity contribution in [2.75, 3.05) is 0 Å². The lowest BCUT2D eigenvalue weighted by molar-refractivity contribution is 0.616. The third-order valence-electron chi connectivity index (χ3n) is 1.41. The van der Waals surface area contributed by atoms with Gasteiger partial charge in [0.1, 0.15) is 14.0 Å². The van der Waals surface area contributed by atoms with Gasteiger partial charge in [0, 0.05) is 11.8 Å². The van der Waals surface area contributed by atoms with E-state index >= 15 is 0 Å². The van der Waals surface area contributed by atoms with Crippen LogP contribution in [0.5, 0.6) is 0 Å². The third kappa shape index (κ3) is 9.27. The molecule has 0 nitrogen and oxygen atoms in total. The van der Waals surface area contributed by atoms with E-state index in [-0.39, 0.29) is 11.8 Å². The molecular formula is C7H9Cl7. The van der Waals surface area contributed by atoms with Gasteiger partial charge in [0.2, 0.25) is 0 Å². The molecule has 0 aliphatic rings. The number of hydrogen-bond acceptors (Lipinski definition) is 0. The van der Waals surface area contributed by atoms with Crippen LogP contribution in [-0.2, 0) is 0 Å². The van der Waals surface area contributed by atoms with Crippen LogP contribution >= 0.6 is 81.2 Å². The predicted octanol–water partition coefficient (Wildman–Crippen LogP) is 5.55. The smallest absolute Gasteiger partial charge is 0.122 e. The first-order valence-corrected chi connectivity index (χ1v) is 6.75. The normalized spacial score (nSPS) is 15.2. The van der Waals surface area contributed by atoms with Crippen LogP contribution in [0.2, 0.25) is 0 Å². The van der Waals surface area contributed by atoms with Crippen molar-refractivity contribution in [3.8, 4) is 0 Å². The molecule has 0 fully saturated rings. The molecule has 0 radical (unpaired) electrons. The van der Waals surface area contributed by atoms with Crippen LogP contribution in [0.25, 0.3) is 0 Å². The minimum Gasteiger partial charge on any atom is -0.123 e. The lowest BCUT2D eigenvalue weighted by Gasteiger charge is -2.22.